The normalized spacial score (nSPS) is 11.3. The number of amides is 2. The minimum absolute atomic E-state index is 0.0431. The van der Waals surface area contributed by atoms with Crippen molar-refractivity contribution in [2.45, 2.75) is 39.8 Å². The van der Waals surface area contributed by atoms with Crippen LogP contribution in [0.5, 0.6) is 0 Å². The van der Waals surface area contributed by atoms with Gasteiger partial charge in [-0.1, -0.05) is 0 Å². The van der Waals surface area contributed by atoms with Gasteiger partial charge in [0.15, 0.2) is 0 Å². The second-order valence-corrected chi connectivity index (χ2v) is 5.43. The molecule has 1 aromatic rings. The summed E-state index contributed by atoms with van der Waals surface area (Å²) in [7, 11) is 0. The van der Waals surface area contributed by atoms with Gasteiger partial charge < -0.3 is 10.6 Å². The van der Waals surface area contributed by atoms with Gasteiger partial charge in [0.25, 0.3) is 0 Å². The molecule has 0 saturated carbocycles. The fourth-order valence-corrected chi connectivity index (χ4v) is 2.17. The van der Waals surface area contributed by atoms with Crippen molar-refractivity contribution in [3.8, 4) is 0 Å². The summed E-state index contributed by atoms with van der Waals surface area (Å²) < 4.78 is 26.1. The molecule has 0 saturated heterocycles. The van der Waals surface area contributed by atoms with Crippen molar-refractivity contribution in [3.05, 3.63) is 29.8 Å². The molecule has 2 N–H and O–H groups in total. The van der Waals surface area contributed by atoms with Crippen LogP contribution in [0.4, 0.5) is 19.3 Å². The molecule has 4 nitrogen and oxygen atoms in total. The van der Waals surface area contributed by atoms with Crippen molar-refractivity contribution in [1.29, 1.82) is 0 Å². The molecular weight excluding hydrogens is 276 g/mol. The summed E-state index contributed by atoms with van der Waals surface area (Å²) in [6.07, 6.45) is 0. The molecular formula is C15H23F2N3O. The SMILES string of the molecule is CC(C)N(CCNC(=O)Nc1ccc(F)cc1F)C(C)C. The van der Waals surface area contributed by atoms with Gasteiger partial charge in [-0.05, 0) is 39.8 Å². The molecule has 21 heavy (non-hydrogen) atoms. The maximum absolute atomic E-state index is 13.4. The van der Waals surface area contributed by atoms with Crippen molar-refractivity contribution < 1.29 is 13.6 Å². The van der Waals surface area contributed by atoms with E-state index < -0.39 is 17.7 Å². The van der Waals surface area contributed by atoms with E-state index in [0.717, 1.165) is 12.1 Å². The number of nitrogens with one attached hydrogen (secondary N) is 2. The first-order valence-electron chi connectivity index (χ1n) is 7.07. The molecule has 6 heteroatoms. The number of rotatable bonds is 6. The molecule has 118 valence electrons. The number of hydrogen-bond donors (Lipinski definition) is 2. The monoisotopic (exact) mass is 299 g/mol. The molecule has 0 spiro atoms. The molecule has 1 rings (SSSR count). The predicted molar refractivity (Wildman–Crippen MR) is 80.4 cm³/mol. The fraction of sp³-hybridized carbons (Fsp3) is 0.533. The van der Waals surface area contributed by atoms with Crippen LogP contribution in [0.15, 0.2) is 18.2 Å². The predicted octanol–water partition coefficient (Wildman–Crippen LogP) is 3.21. The Kier molecular flexibility index (Phi) is 6.55. The number of carbonyl (C=O) groups excluding carboxylic acids is 1. The van der Waals surface area contributed by atoms with Crippen LogP contribution in [0, 0.1) is 11.6 Å². The molecule has 2 amide bonds. The lowest BCUT2D eigenvalue weighted by molar-refractivity contribution is 0.176. The average molecular weight is 299 g/mol. The van der Waals surface area contributed by atoms with Crippen LogP contribution in [0.2, 0.25) is 0 Å². The van der Waals surface area contributed by atoms with Gasteiger partial charge >= 0.3 is 6.03 Å². The van der Waals surface area contributed by atoms with Gasteiger partial charge in [-0.25, -0.2) is 13.6 Å². The summed E-state index contributed by atoms with van der Waals surface area (Å²) >= 11 is 0. The second kappa shape index (κ2) is 7.93. The Morgan fingerprint density at radius 1 is 1.19 bits per heavy atom. The molecule has 0 unspecified atom stereocenters. The van der Waals surface area contributed by atoms with E-state index in [2.05, 4.69) is 43.2 Å². The third-order valence-corrected chi connectivity index (χ3v) is 3.16. The standard InChI is InChI=1S/C15H23F2N3O/c1-10(2)20(11(3)4)8-7-18-15(21)19-14-6-5-12(16)9-13(14)17/h5-6,9-11H,7-8H2,1-4H3,(H2,18,19,21). The fourth-order valence-electron chi connectivity index (χ4n) is 2.17. The van der Waals surface area contributed by atoms with E-state index in [0.29, 0.717) is 25.2 Å². The summed E-state index contributed by atoms with van der Waals surface area (Å²) in [4.78, 5) is 13.9. The summed E-state index contributed by atoms with van der Waals surface area (Å²) in [6.45, 7) is 9.52. The number of hydrogen-bond acceptors (Lipinski definition) is 2. The first-order valence-corrected chi connectivity index (χ1v) is 7.07. The minimum Gasteiger partial charge on any atom is -0.337 e. The van der Waals surface area contributed by atoms with Crippen LogP contribution in [0.1, 0.15) is 27.7 Å². The zero-order valence-electron chi connectivity index (χ0n) is 12.9. The lowest BCUT2D eigenvalue weighted by Gasteiger charge is -2.30. The largest absolute Gasteiger partial charge is 0.337 e. The summed E-state index contributed by atoms with van der Waals surface area (Å²) in [5.74, 6) is -1.47. The van der Waals surface area contributed by atoms with Gasteiger partial charge in [-0.2, -0.15) is 0 Å². The zero-order valence-corrected chi connectivity index (χ0v) is 12.9. The molecule has 0 fully saturated rings. The maximum Gasteiger partial charge on any atom is 0.319 e. The van der Waals surface area contributed by atoms with E-state index >= 15 is 0 Å². The van der Waals surface area contributed by atoms with Crippen LogP contribution < -0.4 is 10.6 Å². The minimum atomic E-state index is -0.795. The molecule has 0 aromatic heterocycles. The smallest absolute Gasteiger partial charge is 0.319 e. The molecule has 0 bridgehead atoms. The van der Waals surface area contributed by atoms with Crippen molar-refractivity contribution in [3.63, 3.8) is 0 Å². The highest BCUT2D eigenvalue weighted by molar-refractivity contribution is 5.89. The van der Waals surface area contributed by atoms with Crippen molar-refractivity contribution in [2.75, 3.05) is 18.4 Å². The van der Waals surface area contributed by atoms with E-state index in [9.17, 15) is 13.6 Å². The molecule has 1 aromatic carbocycles. The number of halogens is 2. The van der Waals surface area contributed by atoms with Crippen LogP contribution in [0.25, 0.3) is 0 Å². The third kappa shape index (κ3) is 5.67. The first-order chi connectivity index (χ1) is 9.81. The lowest BCUT2D eigenvalue weighted by Crippen LogP contribution is -2.43. The van der Waals surface area contributed by atoms with Crippen molar-refractivity contribution >= 4 is 11.7 Å². The van der Waals surface area contributed by atoms with Crippen molar-refractivity contribution in [2.24, 2.45) is 0 Å². The summed E-state index contributed by atoms with van der Waals surface area (Å²) in [5, 5.41) is 5.02. The average Bonchev–Trinajstić information content (AvgIpc) is 2.37. The highest BCUT2D eigenvalue weighted by Crippen LogP contribution is 2.14. The quantitative estimate of drug-likeness (QED) is 0.847. The second-order valence-electron chi connectivity index (χ2n) is 5.43. The topological polar surface area (TPSA) is 44.4 Å². The van der Waals surface area contributed by atoms with E-state index in [-0.39, 0.29) is 5.69 Å². The van der Waals surface area contributed by atoms with E-state index in [1.165, 1.54) is 6.07 Å². The van der Waals surface area contributed by atoms with Crippen LogP contribution in [-0.4, -0.2) is 36.1 Å². The number of benzene rings is 1. The molecule has 0 aliphatic rings. The van der Waals surface area contributed by atoms with Gasteiger partial charge in [-0.15, -0.1) is 0 Å². The highest BCUT2D eigenvalue weighted by Gasteiger charge is 2.13. The van der Waals surface area contributed by atoms with E-state index in [4.69, 9.17) is 0 Å². The third-order valence-electron chi connectivity index (χ3n) is 3.16. The maximum atomic E-state index is 13.4. The van der Waals surface area contributed by atoms with Crippen LogP contribution in [0.3, 0.4) is 0 Å². The van der Waals surface area contributed by atoms with Gasteiger partial charge in [0.1, 0.15) is 11.6 Å². The Morgan fingerprint density at radius 2 is 1.81 bits per heavy atom. The molecule has 0 radical (unpaired) electrons. The molecule has 0 aliphatic heterocycles. The number of anilines is 1. The van der Waals surface area contributed by atoms with Gasteiger partial charge in [0, 0.05) is 31.2 Å². The Hall–Kier alpha value is -1.69. The van der Waals surface area contributed by atoms with Gasteiger partial charge in [0.2, 0.25) is 0 Å². The zero-order chi connectivity index (χ0) is 16.0. The van der Waals surface area contributed by atoms with Gasteiger partial charge in [0.05, 0.1) is 5.69 Å². The van der Waals surface area contributed by atoms with Crippen LogP contribution in [-0.2, 0) is 0 Å². The number of carbonyl (C=O) groups is 1. The number of nitrogens with zero attached hydrogens (tertiary/aromatic N) is 1. The summed E-state index contributed by atoms with van der Waals surface area (Å²) in [5.41, 5.74) is -0.0431. The number of urea groups is 1. The Balaban J connectivity index is 2.44. The Morgan fingerprint density at radius 3 is 2.33 bits per heavy atom. The molecule has 0 atom stereocenters. The van der Waals surface area contributed by atoms with Crippen molar-refractivity contribution in [1.82, 2.24) is 10.2 Å². The molecule has 0 heterocycles. The van der Waals surface area contributed by atoms with E-state index in [1.54, 1.807) is 0 Å². The van der Waals surface area contributed by atoms with Crippen LogP contribution >= 0.6 is 0 Å². The summed E-state index contributed by atoms with van der Waals surface area (Å²) in [6, 6.07) is 3.27. The van der Waals surface area contributed by atoms with E-state index in [1.807, 2.05) is 0 Å². The first kappa shape index (κ1) is 17.4. The molecule has 0 aliphatic carbocycles. The Bertz CT molecular complexity index is 470. The highest BCUT2D eigenvalue weighted by atomic mass is 19.1. The Labute approximate surface area is 124 Å². The lowest BCUT2D eigenvalue weighted by atomic mass is 10.2. The van der Waals surface area contributed by atoms with Gasteiger partial charge in [-0.3, -0.25) is 4.90 Å².